The standard InChI is InChI=1S/C8H12F2N2O2/c1-5(8(2,9)10)12-4-6(13)11-3-7(12)14/h5H,3-4H2,1-2H3,(H,11,13). The summed E-state index contributed by atoms with van der Waals surface area (Å²) in [6, 6.07) is -1.25. The molecule has 1 atom stereocenters. The van der Waals surface area contributed by atoms with Gasteiger partial charge in [0, 0.05) is 6.92 Å². The van der Waals surface area contributed by atoms with E-state index in [0.717, 1.165) is 11.8 Å². The van der Waals surface area contributed by atoms with Gasteiger partial charge in [0.05, 0.1) is 12.6 Å². The molecule has 6 heteroatoms. The fraction of sp³-hybridized carbons (Fsp3) is 0.750. The van der Waals surface area contributed by atoms with Crippen molar-refractivity contribution in [3.8, 4) is 0 Å². The Morgan fingerprint density at radius 3 is 2.57 bits per heavy atom. The second kappa shape index (κ2) is 3.51. The Labute approximate surface area is 80.3 Å². The summed E-state index contributed by atoms with van der Waals surface area (Å²) in [7, 11) is 0. The molecular formula is C8H12F2N2O2. The summed E-state index contributed by atoms with van der Waals surface area (Å²) in [5.74, 6) is -3.87. The molecule has 4 nitrogen and oxygen atoms in total. The number of carbonyl (C=O) groups excluding carboxylic acids is 2. The predicted molar refractivity (Wildman–Crippen MR) is 44.8 cm³/mol. The molecular weight excluding hydrogens is 194 g/mol. The van der Waals surface area contributed by atoms with Crippen LogP contribution in [0.5, 0.6) is 0 Å². The normalized spacial score (nSPS) is 20.7. The van der Waals surface area contributed by atoms with Crippen molar-refractivity contribution >= 4 is 11.8 Å². The molecule has 0 spiro atoms. The Kier molecular flexibility index (Phi) is 2.73. The summed E-state index contributed by atoms with van der Waals surface area (Å²) in [5, 5.41) is 2.29. The molecule has 1 fully saturated rings. The zero-order valence-corrected chi connectivity index (χ0v) is 8.01. The monoisotopic (exact) mass is 206 g/mol. The SMILES string of the molecule is CC(N1CC(=O)NCC1=O)C(C)(F)F. The average molecular weight is 206 g/mol. The van der Waals surface area contributed by atoms with Crippen LogP contribution in [0.4, 0.5) is 8.78 Å². The number of piperazine rings is 1. The van der Waals surface area contributed by atoms with Gasteiger partial charge in [0.15, 0.2) is 0 Å². The lowest BCUT2D eigenvalue weighted by atomic mass is 10.1. The maximum atomic E-state index is 12.9. The first-order chi connectivity index (χ1) is 6.32. The summed E-state index contributed by atoms with van der Waals surface area (Å²) >= 11 is 0. The highest BCUT2D eigenvalue weighted by Crippen LogP contribution is 2.22. The number of hydrogen-bond donors (Lipinski definition) is 1. The average Bonchev–Trinajstić information content (AvgIpc) is 2.06. The fourth-order valence-corrected chi connectivity index (χ4v) is 1.20. The zero-order chi connectivity index (χ0) is 10.9. The number of halogens is 2. The first-order valence-electron chi connectivity index (χ1n) is 4.26. The van der Waals surface area contributed by atoms with E-state index < -0.39 is 23.8 Å². The predicted octanol–water partition coefficient (Wildman–Crippen LogP) is -0.0115. The number of amides is 2. The van der Waals surface area contributed by atoms with Gasteiger partial charge in [0.25, 0.3) is 5.92 Å². The number of nitrogens with one attached hydrogen (secondary N) is 1. The van der Waals surface area contributed by atoms with Gasteiger partial charge >= 0.3 is 0 Å². The molecule has 1 saturated heterocycles. The first-order valence-corrected chi connectivity index (χ1v) is 4.26. The maximum absolute atomic E-state index is 12.9. The topological polar surface area (TPSA) is 49.4 Å². The van der Waals surface area contributed by atoms with Gasteiger partial charge in [-0.3, -0.25) is 9.59 Å². The lowest BCUT2D eigenvalue weighted by Gasteiger charge is -2.34. The molecule has 2 amide bonds. The van der Waals surface area contributed by atoms with Crippen molar-refractivity contribution < 1.29 is 18.4 Å². The summed E-state index contributed by atoms with van der Waals surface area (Å²) in [4.78, 5) is 23.0. The largest absolute Gasteiger partial charge is 0.345 e. The molecule has 0 radical (unpaired) electrons. The third-order valence-electron chi connectivity index (χ3n) is 2.27. The molecule has 0 aromatic heterocycles. The molecule has 80 valence electrons. The molecule has 1 aliphatic rings. The van der Waals surface area contributed by atoms with Gasteiger partial charge in [-0.25, -0.2) is 8.78 Å². The van der Waals surface area contributed by atoms with Crippen molar-refractivity contribution in [2.75, 3.05) is 13.1 Å². The highest BCUT2D eigenvalue weighted by molar-refractivity contribution is 5.92. The van der Waals surface area contributed by atoms with Gasteiger partial charge in [0.2, 0.25) is 11.8 Å². The maximum Gasteiger partial charge on any atom is 0.265 e. The van der Waals surface area contributed by atoms with Crippen LogP contribution in [-0.2, 0) is 9.59 Å². The smallest absolute Gasteiger partial charge is 0.265 e. The zero-order valence-electron chi connectivity index (χ0n) is 8.01. The second-order valence-corrected chi connectivity index (χ2v) is 3.43. The Hall–Kier alpha value is -1.20. The van der Waals surface area contributed by atoms with E-state index in [1.807, 2.05) is 0 Å². The van der Waals surface area contributed by atoms with Crippen LogP contribution in [-0.4, -0.2) is 41.8 Å². The Bertz CT molecular complexity index is 263. The number of hydrogen-bond acceptors (Lipinski definition) is 2. The van der Waals surface area contributed by atoms with E-state index in [-0.39, 0.29) is 13.1 Å². The van der Waals surface area contributed by atoms with Crippen LogP contribution in [0.1, 0.15) is 13.8 Å². The van der Waals surface area contributed by atoms with Gasteiger partial charge in [-0.1, -0.05) is 0 Å². The lowest BCUT2D eigenvalue weighted by Crippen LogP contribution is -2.58. The van der Waals surface area contributed by atoms with Gasteiger partial charge in [-0.05, 0) is 6.92 Å². The molecule has 0 bridgehead atoms. The summed E-state index contributed by atoms with van der Waals surface area (Å²) in [6.07, 6.45) is 0. The minimum absolute atomic E-state index is 0.195. The highest BCUT2D eigenvalue weighted by atomic mass is 19.3. The van der Waals surface area contributed by atoms with E-state index in [4.69, 9.17) is 0 Å². The Morgan fingerprint density at radius 1 is 1.50 bits per heavy atom. The van der Waals surface area contributed by atoms with Crippen LogP contribution in [0.3, 0.4) is 0 Å². The minimum Gasteiger partial charge on any atom is -0.345 e. The van der Waals surface area contributed by atoms with Crippen LogP contribution in [0.15, 0.2) is 0 Å². The number of rotatable bonds is 2. The third kappa shape index (κ3) is 2.18. The number of nitrogens with zero attached hydrogens (tertiary/aromatic N) is 1. The summed E-state index contributed by atoms with van der Waals surface area (Å²) in [5.41, 5.74) is 0. The van der Waals surface area contributed by atoms with Crippen molar-refractivity contribution in [2.24, 2.45) is 0 Å². The second-order valence-electron chi connectivity index (χ2n) is 3.43. The molecule has 0 aromatic rings. The van der Waals surface area contributed by atoms with Crippen molar-refractivity contribution in [1.29, 1.82) is 0 Å². The lowest BCUT2D eigenvalue weighted by molar-refractivity contribution is -0.150. The molecule has 0 saturated carbocycles. The van der Waals surface area contributed by atoms with E-state index in [0.29, 0.717) is 0 Å². The first kappa shape index (κ1) is 10.9. The third-order valence-corrected chi connectivity index (χ3v) is 2.27. The van der Waals surface area contributed by atoms with Crippen LogP contribution in [0, 0.1) is 0 Å². The highest BCUT2D eigenvalue weighted by Gasteiger charge is 2.39. The molecule has 1 heterocycles. The fourth-order valence-electron chi connectivity index (χ4n) is 1.20. The molecule has 1 N–H and O–H groups in total. The van der Waals surface area contributed by atoms with Crippen molar-refractivity contribution in [1.82, 2.24) is 10.2 Å². The summed E-state index contributed by atoms with van der Waals surface area (Å²) in [6.45, 7) is 1.48. The van der Waals surface area contributed by atoms with E-state index >= 15 is 0 Å². The molecule has 1 aliphatic heterocycles. The Morgan fingerprint density at radius 2 is 2.07 bits per heavy atom. The summed E-state index contributed by atoms with van der Waals surface area (Å²) < 4.78 is 25.8. The molecule has 1 rings (SSSR count). The van der Waals surface area contributed by atoms with Gasteiger partial charge in [-0.15, -0.1) is 0 Å². The minimum atomic E-state index is -2.99. The molecule has 14 heavy (non-hydrogen) atoms. The van der Waals surface area contributed by atoms with Crippen molar-refractivity contribution in [3.05, 3.63) is 0 Å². The van der Waals surface area contributed by atoms with E-state index in [2.05, 4.69) is 5.32 Å². The molecule has 0 aromatic carbocycles. The van der Waals surface area contributed by atoms with Crippen molar-refractivity contribution in [3.63, 3.8) is 0 Å². The number of alkyl halides is 2. The Balaban J connectivity index is 2.75. The quantitative estimate of drug-likeness (QED) is 0.690. The van der Waals surface area contributed by atoms with Crippen LogP contribution in [0.25, 0.3) is 0 Å². The number of carbonyl (C=O) groups is 2. The van der Waals surface area contributed by atoms with E-state index in [1.165, 1.54) is 6.92 Å². The van der Waals surface area contributed by atoms with E-state index in [9.17, 15) is 18.4 Å². The van der Waals surface area contributed by atoms with E-state index in [1.54, 1.807) is 0 Å². The van der Waals surface area contributed by atoms with Crippen molar-refractivity contribution in [2.45, 2.75) is 25.8 Å². The van der Waals surface area contributed by atoms with Crippen LogP contribution >= 0.6 is 0 Å². The molecule has 0 aliphatic carbocycles. The van der Waals surface area contributed by atoms with Gasteiger partial charge < -0.3 is 10.2 Å². The molecule has 1 unspecified atom stereocenters. The van der Waals surface area contributed by atoms with Gasteiger partial charge in [0.1, 0.15) is 6.54 Å². The van der Waals surface area contributed by atoms with Gasteiger partial charge in [-0.2, -0.15) is 0 Å². The van der Waals surface area contributed by atoms with Crippen LogP contribution in [0.2, 0.25) is 0 Å². The van der Waals surface area contributed by atoms with Crippen LogP contribution < -0.4 is 5.32 Å².